The van der Waals surface area contributed by atoms with Crippen LogP contribution in [0.3, 0.4) is 0 Å². The van der Waals surface area contributed by atoms with E-state index in [1.807, 2.05) is 31.0 Å². The maximum atomic E-state index is 13.6. The third-order valence-electron chi connectivity index (χ3n) is 6.62. The van der Waals surface area contributed by atoms with Gasteiger partial charge in [-0.3, -0.25) is 9.48 Å². The number of hydrogen-bond donors (Lipinski definition) is 0. The monoisotopic (exact) mass is 538 g/mol. The Labute approximate surface area is 221 Å². The molecule has 2 aromatic carbocycles. The van der Waals surface area contributed by atoms with Gasteiger partial charge in [-0.25, -0.2) is 9.97 Å². The number of nitrogens with zero attached hydrogens (tertiary/aromatic N) is 6. The Bertz CT molecular complexity index is 1550. The van der Waals surface area contributed by atoms with Crippen molar-refractivity contribution >= 4 is 34.5 Å². The highest BCUT2D eigenvalue weighted by molar-refractivity contribution is 6.09. The Morgan fingerprint density at radius 2 is 1.95 bits per heavy atom. The highest BCUT2D eigenvalue weighted by Gasteiger charge is 2.32. The van der Waals surface area contributed by atoms with E-state index < -0.39 is 11.7 Å². The summed E-state index contributed by atoms with van der Waals surface area (Å²) in [6.45, 7) is 3.67. The van der Waals surface area contributed by atoms with Gasteiger partial charge in [0.2, 0.25) is 0 Å². The average Bonchev–Trinajstić information content (AvgIpc) is 3.36. The summed E-state index contributed by atoms with van der Waals surface area (Å²) < 4.78 is 46.0. The van der Waals surface area contributed by atoms with E-state index in [-0.39, 0.29) is 12.5 Å². The highest BCUT2D eigenvalue weighted by atomic mass is 19.4. The highest BCUT2D eigenvalue weighted by Crippen LogP contribution is 2.33. The number of halogens is 3. The molecule has 0 spiro atoms. The van der Waals surface area contributed by atoms with Crippen LogP contribution in [-0.4, -0.2) is 65.3 Å². The molecule has 202 valence electrons. The predicted molar refractivity (Wildman–Crippen MR) is 139 cm³/mol. The number of carbonyl (C=O) groups is 2. The molecule has 4 aromatic rings. The number of hydrogen-bond acceptors (Lipinski definition) is 7. The van der Waals surface area contributed by atoms with Gasteiger partial charge in [-0.05, 0) is 48.9 Å². The second-order valence-electron chi connectivity index (χ2n) is 9.19. The maximum Gasteiger partial charge on any atom is 0.416 e. The number of aryl methyl sites for hydroxylation is 1. The van der Waals surface area contributed by atoms with E-state index in [4.69, 9.17) is 4.74 Å². The molecule has 0 aliphatic carbocycles. The number of carbonyl (C=O) groups excluding carboxylic acids is 2. The molecule has 2 aromatic heterocycles. The SMILES string of the molecule is Cc1cc(-c2ncc3cc(C(F)(F)F)ccc3n2)ccc1N1CCn2ncc(N(C)CCOCC=O)c2C1=O. The van der Waals surface area contributed by atoms with Crippen LogP contribution in [0.5, 0.6) is 0 Å². The molecule has 5 rings (SSSR count). The van der Waals surface area contributed by atoms with Gasteiger partial charge in [0.25, 0.3) is 5.91 Å². The minimum absolute atomic E-state index is 0.0190. The molecule has 3 heterocycles. The van der Waals surface area contributed by atoms with Crippen molar-refractivity contribution in [3.8, 4) is 11.4 Å². The minimum atomic E-state index is -4.44. The van der Waals surface area contributed by atoms with Gasteiger partial charge < -0.3 is 19.3 Å². The largest absolute Gasteiger partial charge is 0.416 e. The molecule has 1 aliphatic rings. The number of alkyl halides is 3. The van der Waals surface area contributed by atoms with E-state index in [2.05, 4.69) is 15.1 Å². The van der Waals surface area contributed by atoms with Crippen LogP contribution in [0.15, 0.2) is 48.8 Å². The smallest absolute Gasteiger partial charge is 0.372 e. The Balaban J connectivity index is 1.38. The molecule has 1 amide bonds. The molecule has 0 atom stereocenters. The summed E-state index contributed by atoms with van der Waals surface area (Å²) in [6, 6.07) is 8.85. The van der Waals surface area contributed by atoms with E-state index in [1.54, 1.807) is 21.8 Å². The summed E-state index contributed by atoms with van der Waals surface area (Å²) in [5.41, 5.74) is 3.04. The van der Waals surface area contributed by atoms with Crippen LogP contribution in [0, 0.1) is 6.92 Å². The van der Waals surface area contributed by atoms with Crippen molar-refractivity contribution in [1.29, 1.82) is 0 Å². The van der Waals surface area contributed by atoms with Crippen LogP contribution in [0.2, 0.25) is 0 Å². The quantitative estimate of drug-likeness (QED) is 0.246. The molecule has 0 N–H and O–H groups in total. The fraction of sp³-hybridized carbons (Fsp3) is 0.296. The molecular weight excluding hydrogens is 513 g/mol. The lowest BCUT2D eigenvalue weighted by Crippen LogP contribution is -2.41. The number of aldehydes is 1. The first-order valence-corrected chi connectivity index (χ1v) is 12.2. The van der Waals surface area contributed by atoms with Crippen LogP contribution in [-0.2, 0) is 22.3 Å². The van der Waals surface area contributed by atoms with E-state index in [1.165, 1.54) is 12.3 Å². The predicted octanol–water partition coefficient (Wildman–Crippen LogP) is 4.13. The fourth-order valence-corrected chi connectivity index (χ4v) is 4.60. The zero-order valence-electron chi connectivity index (χ0n) is 21.3. The van der Waals surface area contributed by atoms with Crippen molar-refractivity contribution in [2.24, 2.45) is 0 Å². The summed E-state index contributed by atoms with van der Waals surface area (Å²) in [4.78, 5) is 36.4. The lowest BCUT2D eigenvalue weighted by molar-refractivity contribution is -0.137. The molecule has 12 heteroatoms. The van der Waals surface area contributed by atoms with Crippen molar-refractivity contribution in [3.05, 3.63) is 65.6 Å². The van der Waals surface area contributed by atoms with Gasteiger partial charge in [-0.1, -0.05) is 0 Å². The number of likely N-dealkylation sites (N-methyl/N-ethyl adjacent to an activating group) is 1. The molecular formula is C27H25F3N6O3. The Morgan fingerprint density at radius 1 is 1.13 bits per heavy atom. The molecule has 0 fully saturated rings. The van der Waals surface area contributed by atoms with Crippen LogP contribution in [0.4, 0.5) is 24.5 Å². The van der Waals surface area contributed by atoms with Crippen molar-refractivity contribution in [2.75, 3.05) is 43.2 Å². The second-order valence-corrected chi connectivity index (χ2v) is 9.19. The van der Waals surface area contributed by atoms with Gasteiger partial charge in [-0.15, -0.1) is 0 Å². The number of anilines is 2. The zero-order valence-corrected chi connectivity index (χ0v) is 21.3. The molecule has 1 aliphatic heterocycles. The number of amides is 1. The zero-order chi connectivity index (χ0) is 27.7. The normalized spacial score (nSPS) is 13.6. The van der Waals surface area contributed by atoms with Gasteiger partial charge in [0.1, 0.15) is 18.6 Å². The minimum Gasteiger partial charge on any atom is -0.372 e. The first kappa shape index (κ1) is 26.3. The second kappa shape index (κ2) is 10.4. The van der Waals surface area contributed by atoms with Crippen molar-refractivity contribution in [1.82, 2.24) is 19.7 Å². The molecule has 0 unspecified atom stereocenters. The lowest BCUT2D eigenvalue weighted by atomic mass is 10.1. The van der Waals surface area contributed by atoms with Crippen LogP contribution >= 0.6 is 0 Å². The van der Waals surface area contributed by atoms with Crippen LogP contribution < -0.4 is 9.80 Å². The van der Waals surface area contributed by atoms with Gasteiger partial charge >= 0.3 is 6.18 Å². The number of aromatic nitrogens is 4. The number of ether oxygens (including phenoxy) is 1. The maximum absolute atomic E-state index is 13.6. The number of rotatable bonds is 8. The molecule has 0 radical (unpaired) electrons. The summed E-state index contributed by atoms with van der Waals surface area (Å²) in [7, 11) is 1.84. The molecule has 0 bridgehead atoms. The van der Waals surface area contributed by atoms with E-state index >= 15 is 0 Å². The number of fused-ring (bicyclic) bond motifs is 2. The molecule has 0 saturated heterocycles. The number of benzene rings is 2. The van der Waals surface area contributed by atoms with Crippen molar-refractivity contribution < 1.29 is 27.5 Å². The summed E-state index contributed by atoms with van der Waals surface area (Å²) in [5.74, 6) is 0.188. The Hall–Kier alpha value is -4.32. The van der Waals surface area contributed by atoms with Gasteiger partial charge in [-0.2, -0.15) is 18.3 Å². The molecule has 0 saturated carbocycles. The first-order chi connectivity index (χ1) is 18.7. The summed E-state index contributed by atoms with van der Waals surface area (Å²) in [5, 5.41) is 4.67. The Morgan fingerprint density at radius 3 is 2.69 bits per heavy atom. The molecule has 9 nitrogen and oxygen atoms in total. The topological polar surface area (TPSA) is 93.4 Å². The first-order valence-electron chi connectivity index (χ1n) is 12.2. The standard InChI is InChI=1S/C27H25F3N6O3/c1-17-13-18(25-31-15-19-14-20(27(28,29)30)4-5-21(19)33-25)3-6-22(17)35-7-8-36-24(26(35)38)23(16-32-36)34(2)9-11-39-12-10-37/h3-6,10,13-16H,7-9,11-12H2,1-2H3. The third kappa shape index (κ3) is 5.19. The Kier molecular flexibility index (Phi) is 7.04. The van der Waals surface area contributed by atoms with E-state index in [0.717, 1.165) is 23.4 Å². The lowest BCUT2D eigenvalue weighted by Gasteiger charge is -2.30. The molecule has 39 heavy (non-hydrogen) atoms. The average molecular weight is 539 g/mol. The van der Waals surface area contributed by atoms with Crippen molar-refractivity contribution in [2.45, 2.75) is 19.6 Å². The summed E-state index contributed by atoms with van der Waals surface area (Å²) in [6.07, 6.45) is -0.713. The summed E-state index contributed by atoms with van der Waals surface area (Å²) >= 11 is 0. The van der Waals surface area contributed by atoms with Crippen LogP contribution in [0.25, 0.3) is 22.3 Å². The van der Waals surface area contributed by atoms with Crippen molar-refractivity contribution in [3.63, 3.8) is 0 Å². The van der Waals surface area contributed by atoms with Gasteiger partial charge in [0.05, 0.1) is 36.1 Å². The van der Waals surface area contributed by atoms with Gasteiger partial charge in [0.15, 0.2) is 5.82 Å². The van der Waals surface area contributed by atoms with Crippen LogP contribution in [0.1, 0.15) is 21.6 Å². The fourth-order valence-electron chi connectivity index (χ4n) is 4.60. The van der Waals surface area contributed by atoms with E-state index in [0.29, 0.717) is 66.2 Å². The third-order valence-corrected chi connectivity index (χ3v) is 6.62. The van der Waals surface area contributed by atoms with E-state index in [9.17, 15) is 22.8 Å². The van der Waals surface area contributed by atoms with Gasteiger partial charge in [0, 0.05) is 43.0 Å².